The number of nitrogens with zero attached hydrogens (tertiary/aromatic N) is 3. The van der Waals surface area contributed by atoms with Crippen molar-refractivity contribution in [3.63, 3.8) is 0 Å². The molecule has 1 unspecified atom stereocenters. The number of nitrogens with one attached hydrogen (secondary N) is 2. The highest BCUT2D eigenvalue weighted by molar-refractivity contribution is 5.90. The van der Waals surface area contributed by atoms with Crippen molar-refractivity contribution >= 4 is 5.91 Å². The number of aromatic nitrogens is 1. The number of dihydropyridines is 1. The third kappa shape index (κ3) is 2.53. The molecule has 112 valence electrons. The first-order valence-electron chi connectivity index (χ1n) is 7.23. The van der Waals surface area contributed by atoms with Gasteiger partial charge < -0.3 is 15.5 Å². The number of rotatable bonds is 3. The van der Waals surface area contributed by atoms with Crippen molar-refractivity contribution < 1.29 is 4.79 Å². The van der Waals surface area contributed by atoms with Crippen molar-refractivity contribution in [1.82, 2.24) is 20.5 Å². The van der Waals surface area contributed by atoms with Crippen LogP contribution in [0.2, 0.25) is 0 Å². The van der Waals surface area contributed by atoms with Gasteiger partial charge in [0, 0.05) is 31.5 Å². The number of carbonyl (C=O) groups excluding carboxylic acids is 1. The van der Waals surface area contributed by atoms with Crippen LogP contribution in [0.25, 0.3) is 0 Å². The third-order valence-electron chi connectivity index (χ3n) is 4.02. The molecule has 1 aromatic rings. The standard InChI is InChI=1S/C16H17N5O/c17-12-21-10-5-14(11-21)20-15(22)16(6-1-2-7-19-16)13-3-8-18-9-4-13/h1-4,6-9,14,19H,5,10-11H2,(H,20,22)/t14?,16-/m1/s1. The SMILES string of the molecule is N#CN1CCC(NC(=O)[C@]2(c3ccncc3)C=CC=CN2)C1. The molecule has 1 fully saturated rings. The van der Waals surface area contributed by atoms with Gasteiger partial charge in [-0.05, 0) is 42.5 Å². The molecule has 1 saturated heterocycles. The Balaban J connectivity index is 1.82. The molecule has 0 saturated carbocycles. The normalized spacial score (nSPS) is 26.3. The van der Waals surface area contributed by atoms with E-state index in [1.807, 2.05) is 30.4 Å². The monoisotopic (exact) mass is 295 g/mol. The van der Waals surface area contributed by atoms with Gasteiger partial charge in [0.15, 0.2) is 11.7 Å². The zero-order valence-corrected chi connectivity index (χ0v) is 12.1. The molecule has 0 bridgehead atoms. The Bertz CT molecular complexity index is 648. The summed E-state index contributed by atoms with van der Waals surface area (Å²) in [5.41, 5.74) is -0.103. The molecule has 0 aromatic carbocycles. The lowest BCUT2D eigenvalue weighted by Crippen LogP contribution is -2.54. The Kier molecular flexibility index (Phi) is 3.79. The first-order chi connectivity index (χ1) is 10.7. The predicted molar refractivity (Wildman–Crippen MR) is 81.1 cm³/mol. The molecule has 1 amide bonds. The third-order valence-corrected chi connectivity index (χ3v) is 4.02. The number of allylic oxidation sites excluding steroid dienone is 2. The predicted octanol–water partition coefficient (Wildman–Crippen LogP) is 0.622. The fourth-order valence-electron chi connectivity index (χ4n) is 2.82. The Morgan fingerprint density at radius 1 is 1.45 bits per heavy atom. The number of likely N-dealkylation sites (tertiary alicyclic amines) is 1. The fraction of sp³-hybridized carbons (Fsp3) is 0.312. The molecule has 3 rings (SSSR count). The van der Waals surface area contributed by atoms with Crippen LogP contribution in [0, 0.1) is 11.5 Å². The van der Waals surface area contributed by atoms with Gasteiger partial charge in [-0.2, -0.15) is 5.26 Å². The number of hydrogen-bond acceptors (Lipinski definition) is 5. The molecule has 2 aliphatic rings. The van der Waals surface area contributed by atoms with Gasteiger partial charge >= 0.3 is 0 Å². The minimum absolute atomic E-state index is 0.00744. The highest BCUT2D eigenvalue weighted by atomic mass is 16.2. The first kappa shape index (κ1) is 14.1. The number of amides is 1. The van der Waals surface area contributed by atoms with Crippen molar-refractivity contribution in [1.29, 1.82) is 5.26 Å². The van der Waals surface area contributed by atoms with Gasteiger partial charge in [0.1, 0.15) is 0 Å². The summed E-state index contributed by atoms with van der Waals surface area (Å²) in [6.45, 7) is 1.25. The lowest BCUT2D eigenvalue weighted by atomic mass is 9.87. The van der Waals surface area contributed by atoms with Crippen LogP contribution in [0.15, 0.2) is 49.0 Å². The van der Waals surface area contributed by atoms with Crippen LogP contribution < -0.4 is 10.6 Å². The lowest BCUT2D eigenvalue weighted by molar-refractivity contribution is -0.126. The van der Waals surface area contributed by atoms with Crippen LogP contribution in [0.1, 0.15) is 12.0 Å². The van der Waals surface area contributed by atoms with Gasteiger partial charge in [-0.3, -0.25) is 9.78 Å². The van der Waals surface area contributed by atoms with Crippen molar-refractivity contribution in [2.75, 3.05) is 13.1 Å². The second-order valence-electron chi connectivity index (χ2n) is 5.41. The van der Waals surface area contributed by atoms with Crippen LogP contribution in [0.5, 0.6) is 0 Å². The molecule has 3 heterocycles. The zero-order valence-electron chi connectivity index (χ0n) is 12.1. The van der Waals surface area contributed by atoms with Gasteiger partial charge in [-0.25, -0.2) is 0 Å². The topological polar surface area (TPSA) is 81.1 Å². The molecule has 0 aliphatic carbocycles. The van der Waals surface area contributed by atoms with E-state index in [0.717, 1.165) is 12.0 Å². The molecular weight excluding hydrogens is 278 g/mol. The van der Waals surface area contributed by atoms with E-state index in [1.165, 1.54) is 0 Å². The maximum absolute atomic E-state index is 12.9. The number of nitriles is 1. The van der Waals surface area contributed by atoms with E-state index in [-0.39, 0.29) is 11.9 Å². The molecule has 0 radical (unpaired) electrons. The molecule has 6 nitrogen and oxygen atoms in total. The summed E-state index contributed by atoms with van der Waals surface area (Å²) in [7, 11) is 0. The number of hydrogen-bond donors (Lipinski definition) is 2. The van der Waals surface area contributed by atoms with Crippen LogP contribution >= 0.6 is 0 Å². The lowest BCUT2D eigenvalue weighted by Gasteiger charge is -2.33. The summed E-state index contributed by atoms with van der Waals surface area (Å²) >= 11 is 0. The van der Waals surface area contributed by atoms with Crippen molar-refractivity contribution in [3.05, 3.63) is 54.5 Å². The average molecular weight is 295 g/mol. The van der Waals surface area contributed by atoms with Crippen LogP contribution in [-0.4, -0.2) is 34.9 Å². The molecule has 2 atom stereocenters. The van der Waals surface area contributed by atoms with E-state index in [0.29, 0.717) is 13.1 Å². The number of carbonyl (C=O) groups is 1. The van der Waals surface area contributed by atoms with Crippen LogP contribution in [-0.2, 0) is 10.3 Å². The highest BCUT2D eigenvalue weighted by Crippen LogP contribution is 2.26. The van der Waals surface area contributed by atoms with E-state index in [4.69, 9.17) is 5.26 Å². The molecule has 1 aromatic heterocycles. The Morgan fingerprint density at radius 3 is 2.91 bits per heavy atom. The van der Waals surface area contributed by atoms with Gasteiger partial charge in [0.05, 0.1) is 0 Å². The fourth-order valence-corrected chi connectivity index (χ4v) is 2.82. The zero-order chi connectivity index (χ0) is 15.4. The van der Waals surface area contributed by atoms with Gasteiger partial charge in [-0.15, -0.1) is 0 Å². The van der Waals surface area contributed by atoms with Gasteiger partial charge in [0.25, 0.3) is 5.91 Å². The average Bonchev–Trinajstić information content (AvgIpc) is 3.04. The van der Waals surface area contributed by atoms with Crippen LogP contribution in [0.4, 0.5) is 0 Å². The summed E-state index contributed by atoms with van der Waals surface area (Å²) in [6.07, 6.45) is 13.6. The summed E-state index contributed by atoms with van der Waals surface area (Å²) < 4.78 is 0. The Hall–Kier alpha value is -2.81. The van der Waals surface area contributed by atoms with E-state index >= 15 is 0 Å². The minimum atomic E-state index is -0.933. The summed E-state index contributed by atoms with van der Waals surface area (Å²) in [5, 5.41) is 15.1. The molecule has 0 spiro atoms. The Labute approximate surface area is 129 Å². The second kappa shape index (κ2) is 5.90. The Morgan fingerprint density at radius 2 is 2.27 bits per heavy atom. The largest absolute Gasteiger partial charge is 0.370 e. The molecular formula is C16H17N5O. The van der Waals surface area contributed by atoms with E-state index in [9.17, 15) is 4.79 Å². The first-order valence-corrected chi connectivity index (χ1v) is 7.23. The van der Waals surface area contributed by atoms with Gasteiger partial charge in [-0.1, -0.05) is 6.08 Å². The second-order valence-corrected chi connectivity index (χ2v) is 5.41. The molecule has 2 aliphatic heterocycles. The van der Waals surface area contributed by atoms with Crippen molar-refractivity contribution in [3.8, 4) is 6.19 Å². The smallest absolute Gasteiger partial charge is 0.254 e. The molecule has 2 N–H and O–H groups in total. The van der Waals surface area contributed by atoms with E-state index in [2.05, 4.69) is 21.8 Å². The maximum atomic E-state index is 12.9. The summed E-state index contributed by atoms with van der Waals surface area (Å²) in [5.74, 6) is -0.121. The summed E-state index contributed by atoms with van der Waals surface area (Å²) in [6, 6.07) is 3.64. The maximum Gasteiger partial charge on any atom is 0.254 e. The minimum Gasteiger partial charge on any atom is -0.370 e. The van der Waals surface area contributed by atoms with E-state index < -0.39 is 5.54 Å². The number of pyridine rings is 1. The highest BCUT2D eigenvalue weighted by Gasteiger charge is 2.39. The van der Waals surface area contributed by atoms with Crippen molar-refractivity contribution in [2.24, 2.45) is 0 Å². The quantitative estimate of drug-likeness (QED) is 0.799. The van der Waals surface area contributed by atoms with E-state index in [1.54, 1.807) is 23.5 Å². The van der Waals surface area contributed by atoms with Crippen LogP contribution in [0.3, 0.4) is 0 Å². The van der Waals surface area contributed by atoms with Gasteiger partial charge in [0.2, 0.25) is 0 Å². The molecule has 6 heteroatoms. The van der Waals surface area contributed by atoms with Crippen molar-refractivity contribution in [2.45, 2.75) is 18.0 Å². The molecule has 22 heavy (non-hydrogen) atoms. The summed E-state index contributed by atoms with van der Waals surface area (Å²) in [4.78, 5) is 18.6.